The molecule has 21 heavy (non-hydrogen) atoms. The number of hydrogen-bond donors (Lipinski definition) is 2. The zero-order valence-electron chi connectivity index (χ0n) is 11.0. The van der Waals surface area contributed by atoms with Crippen molar-refractivity contribution in [2.24, 2.45) is 5.73 Å². The highest BCUT2D eigenvalue weighted by Gasteiger charge is 2.13. The molecule has 0 aliphatic carbocycles. The van der Waals surface area contributed by atoms with E-state index in [9.17, 15) is 0 Å². The van der Waals surface area contributed by atoms with Crippen molar-refractivity contribution in [2.75, 3.05) is 0 Å². The van der Waals surface area contributed by atoms with Gasteiger partial charge in [0.15, 0.2) is 0 Å². The number of aromatic nitrogens is 1. The number of amidine groups is 1. The second-order valence-corrected chi connectivity index (χ2v) is 4.92. The van der Waals surface area contributed by atoms with E-state index in [0.29, 0.717) is 22.1 Å². The molecule has 1 aromatic heterocycles. The van der Waals surface area contributed by atoms with Crippen LogP contribution < -0.4 is 10.5 Å². The van der Waals surface area contributed by atoms with Crippen LogP contribution in [0.3, 0.4) is 0 Å². The van der Waals surface area contributed by atoms with Crippen LogP contribution in [0.4, 0.5) is 0 Å². The zero-order chi connectivity index (χ0) is 14.8. The van der Waals surface area contributed by atoms with Gasteiger partial charge in [0.1, 0.15) is 17.3 Å². The Labute approximate surface area is 126 Å². The zero-order valence-corrected chi connectivity index (χ0v) is 11.8. The van der Waals surface area contributed by atoms with Crippen LogP contribution in [0.25, 0.3) is 10.9 Å². The molecule has 0 fully saturated rings. The first-order valence-corrected chi connectivity index (χ1v) is 6.68. The van der Waals surface area contributed by atoms with E-state index in [1.165, 1.54) is 0 Å². The van der Waals surface area contributed by atoms with Crippen molar-refractivity contribution < 1.29 is 4.74 Å². The summed E-state index contributed by atoms with van der Waals surface area (Å²) < 4.78 is 5.92. The van der Waals surface area contributed by atoms with Gasteiger partial charge in [0.2, 0.25) is 0 Å². The van der Waals surface area contributed by atoms with Crippen LogP contribution in [0.15, 0.2) is 54.7 Å². The maximum absolute atomic E-state index is 7.69. The van der Waals surface area contributed by atoms with Crippen molar-refractivity contribution in [3.05, 3.63) is 65.3 Å². The van der Waals surface area contributed by atoms with Gasteiger partial charge in [0.05, 0.1) is 11.1 Å². The third-order valence-electron chi connectivity index (χ3n) is 3.05. The third kappa shape index (κ3) is 2.66. The molecule has 0 aliphatic heterocycles. The summed E-state index contributed by atoms with van der Waals surface area (Å²) in [4.78, 5) is 4.30. The molecule has 3 aromatic rings. The molecule has 0 saturated carbocycles. The molecule has 0 unspecified atom stereocenters. The number of nitrogen functional groups attached to an aromatic ring is 1. The summed E-state index contributed by atoms with van der Waals surface area (Å²) in [6.45, 7) is 0. The number of ether oxygens (including phenoxy) is 1. The van der Waals surface area contributed by atoms with E-state index in [-0.39, 0.29) is 5.84 Å². The van der Waals surface area contributed by atoms with Gasteiger partial charge >= 0.3 is 0 Å². The molecular formula is C16H12ClN3O. The molecule has 0 saturated heterocycles. The Kier molecular flexibility index (Phi) is 3.46. The summed E-state index contributed by atoms with van der Waals surface area (Å²) in [5.74, 6) is 1.06. The van der Waals surface area contributed by atoms with Crippen LogP contribution in [0.1, 0.15) is 5.56 Å². The van der Waals surface area contributed by atoms with Gasteiger partial charge in [-0.25, -0.2) is 0 Å². The van der Waals surface area contributed by atoms with E-state index in [2.05, 4.69) is 4.98 Å². The summed E-state index contributed by atoms with van der Waals surface area (Å²) in [5, 5.41) is 9.13. The van der Waals surface area contributed by atoms with Gasteiger partial charge in [-0.1, -0.05) is 23.7 Å². The van der Waals surface area contributed by atoms with Gasteiger partial charge in [-0.3, -0.25) is 10.4 Å². The van der Waals surface area contributed by atoms with Crippen molar-refractivity contribution in [1.29, 1.82) is 5.41 Å². The third-order valence-corrected chi connectivity index (χ3v) is 3.30. The maximum atomic E-state index is 7.69. The molecule has 0 radical (unpaired) electrons. The predicted octanol–water partition coefficient (Wildman–Crippen LogP) is 3.96. The van der Waals surface area contributed by atoms with Crippen molar-refractivity contribution in [3.8, 4) is 11.5 Å². The largest absolute Gasteiger partial charge is 0.456 e. The average molecular weight is 298 g/mol. The minimum atomic E-state index is -0.0859. The molecule has 0 amide bonds. The fourth-order valence-electron chi connectivity index (χ4n) is 2.04. The van der Waals surface area contributed by atoms with E-state index in [1.54, 1.807) is 30.5 Å². The van der Waals surface area contributed by atoms with Crippen LogP contribution >= 0.6 is 11.6 Å². The van der Waals surface area contributed by atoms with E-state index in [1.807, 2.05) is 24.3 Å². The molecule has 2 aromatic carbocycles. The van der Waals surface area contributed by atoms with Crippen LogP contribution in [0.5, 0.6) is 11.5 Å². The van der Waals surface area contributed by atoms with Gasteiger partial charge in [0, 0.05) is 16.6 Å². The Hall–Kier alpha value is -2.59. The van der Waals surface area contributed by atoms with Gasteiger partial charge in [-0.15, -0.1) is 0 Å². The molecule has 104 valence electrons. The highest BCUT2D eigenvalue weighted by molar-refractivity contribution is 6.30. The lowest BCUT2D eigenvalue weighted by molar-refractivity contribution is 0.487. The Morgan fingerprint density at radius 3 is 2.52 bits per heavy atom. The van der Waals surface area contributed by atoms with Crippen molar-refractivity contribution in [1.82, 2.24) is 4.98 Å². The molecule has 0 spiro atoms. The fraction of sp³-hybridized carbons (Fsp3) is 0. The minimum Gasteiger partial charge on any atom is -0.456 e. The summed E-state index contributed by atoms with van der Waals surface area (Å²) in [7, 11) is 0. The number of benzene rings is 2. The van der Waals surface area contributed by atoms with Crippen LogP contribution in [-0.4, -0.2) is 10.8 Å². The minimum absolute atomic E-state index is 0.0859. The van der Waals surface area contributed by atoms with Crippen LogP contribution in [0.2, 0.25) is 5.02 Å². The Bertz CT molecular complexity index is 815. The quantitative estimate of drug-likeness (QED) is 0.567. The SMILES string of the molecule is N=C(N)c1cnc2ccccc2c1Oc1ccc(Cl)cc1. The lowest BCUT2D eigenvalue weighted by atomic mass is 10.1. The van der Waals surface area contributed by atoms with Gasteiger partial charge < -0.3 is 10.5 Å². The van der Waals surface area contributed by atoms with Crippen molar-refractivity contribution >= 4 is 28.3 Å². The highest BCUT2D eigenvalue weighted by atomic mass is 35.5. The fourth-order valence-corrected chi connectivity index (χ4v) is 2.16. The number of rotatable bonds is 3. The lowest BCUT2D eigenvalue weighted by Gasteiger charge is -2.13. The maximum Gasteiger partial charge on any atom is 0.149 e. The lowest BCUT2D eigenvalue weighted by Crippen LogP contribution is -2.13. The van der Waals surface area contributed by atoms with E-state index < -0.39 is 0 Å². The normalized spacial score (nSPS) is 10.5. The Balaban J connectivity index is 2.16. The molecule has 0 atom stereocenters. The molecule has 5 heteroatoms. The van der Waals surface area contributed by atoms with E-state index >= 15 is 0 Å². The summed E-state index contributed by atoms with van der Waals surface area (Å²) >= 11 is 5.87. The second-order valence-electron chi connectivity index (χ2n) is 4.49. The predicted molar refractivity (Wildman–Crippen MR) is 84.3 cm³/mol. The Morgan fingerprint density at radius 2 is 1.81 bits per heavy atom. The van der Waals surface area contributed by atoms with Gasteiger partial charge in [-0.05, 0) is 36.4 Å². The number of para-hydroxylation sites is 1. The summed E-state index contributed by atoms with van der Waals surface area (Å²) in [5.41, 5.74) is 6.87. The molecule has 1 heterocycles. The number of pyridine rings is 1. The molecular weight excluding hydrogens is 286 g/mol. The summed E-state index contributed by atoms with van der Waals surface area (Å²) in [6, 6.07) is 14.6. The standard InChI is InChI=1S/C16H12ClN3O/c17-10-5-7-11(8-6-10)21-15-12-3-1-2-4-14(12)20-9-13(15)16(18)19/h1-9H,(H3,18,19). The molecule has 3 N–H and O–H groups in total. The number of nitrogens with two attached hydrogens (primary N) is 1. The van der Waals surface area contributed by atoms with Gasteiger partial charge in [0.25, 0.3) is 0 Å². The van der Waals surface area contributed by atoms with Crippen LogP contribution in [0, 0.1) is 5.41 Å². The van der Waals surface area contributed by atoms with Crippen molar-refractivity contribution in [3.63, 3.8) is 0 Å². The number of hydrogen-bond acceptors (Lipinski definition) is 3. The first-order valence-electron chi connectivity index (χ1n) is 6.31. The second kappa shape index (κ2) is 5.42. The van der Waals surface area contributed by atoms with E-state index in [0.717, 1.165) is 10.9 Å². The summed E-state index contributed by atoms with van der Waals surface area (Å²) in [6.07, 6.45) is 1.55. The van der Waals surface area contributed by atoms with E-state index in [4.69, 9.17) is 27.5 Å². The smallest absolute Gasteiger partial charge is 0.149 e. The number of halogens is 1. The number of nitrogens with zero attached hydrogens (tertiary/aromatic N) is 1. The number of nitrogens with one attached hydrogen (secondary N) is 1. The first-order chi connectivity index (χ1) is 10.1. The molecule has 3 rings (SSSR count). The molecule has 0 bridgehead atoms. The highest BCUT2D eigenvalue weighted by Crippen LogP contribution is 2.32. The Morgan fingerprint density at radius 1 is 1.10 bits per heavy atom. The van der Waals surface area contributed by atoms with Crippen molar-refractivity contribution in [2.45, 2.75) is 0 Å². The van der Waals surface area contributed by atoms with Gasteiger partial charge in [-0.2, -0.15) is 0 Å². The van der Waals surface area contributed by atoms with Crippen LogP contribution in [-0.2, 0) is 0 Å². The number of fused-ring (bicyclic) bond motifs is 1. The molecule has 0 aliphatic rings. The first kappa shape index (κ1) is 13.4. The monoisotopic (exact) mass is 297 g/mol. The topological polar surface area (TPSA) is 72.0 Å². The molecule has 4 nitrogen and oxygen atoms in total. The average Bonchev–Trinajstić information content (AvgIpc) is 2.49.